The zero-order valence-electron chi connectivity index (χ0n) is 12.8. The molecule has 110 valence electrons. The Hall–Kier alpha value is -2.79. The van der Waals surface area contributed by atoms with Gasteiger partial charge in [0.15, 0.2) is 0 Å². The zero-order valence-corrected chi connectivity index (χ0v) is 12.8. The van der Waals surface area contributed by atoms with Crippen LogP contribution in [-0.4, -0.2) is 12.6 Å². The summed E-state index contributed by atoms with van der Waals surface area (Å²) in [6.45, 7) is 3.81. The molecule has 0 atom stereocenters. The van der Waals surface area contributed by atoms with Crippen LogP contribution in [0.2, 0.25) is 0 Å². The SMILES string of the molecule is CCOC(=O)C(C)=C=C=C(c1ccccc1)c1ccccc1. The maximum Gasteiger partial charge on any atom is 0.342 e. The van der Waals surface area contributed by atoms with E-state index in [0.717, 1.165) is 16.7 Å². The van der Waals surface area contributed by atoms with Crippen molar-refractivity contribution in [2.75, 3.05) is 6.61 Å². The number of esters is 1. The maximum absolute atomic E-state index is 11.7. The molecule has 0 spiro atoms. The van der Waals surface area contributed by atoms with E-state index in [1.807, 2.05) is 60.7 Å². The first-order chi connectivity index (χ1) is 10.7. The van der Waals surface area contributed by atoms with Crippen LogP contribution in [0.15, 0.2) is 77.7 Å². The van der Waals surface area contributed by atoms with Crippen LogP contribution in [0.3, 0.4) is 0 Å². The second kappa shape index (κ2) is 7.85. The van der Waals surface area contributed by atoms with E-state index in [-0.39, 0.29) is 5.97 Å². The van der Waals surface area contributed by atoms with Crippen molar-refractivity contribution in [3.63, 3.8) is 0 Å². The van der Waals surface area contributed by atoms with E-state index >= 15 is 0 Å². The molecule has 0 aliphatic carbocycles. The monoisotopic (exact) mass is 290 g/mol. The third kappa shape index (κ3) is 4.10. The summed E-state index contributed by atoms with van der Waals surface area (Å²) in [4.78, 5) is 11.7. The second-order valence-corrected chi connectivity index (χ2v) is 4.70. The fourth-order valence-corrected chi connectivity index (χ4v) is 1.97. The van der Waals surface area contributed by atoms with Gasteiger partial charge in [-0.05, 0) is 25.0 Å². The maximum atomic E-state index is 11.7. The first-order valence-electron chi connectivity index (χ1n) is 7.23. The number of carbonyl (C=O) groups is 1. The Morgan fingerprint density at radius 1 is 0.909 bits per heavy atom. The molecule has 0 N–H and O–H groups in total. The van der Waals surface area contributed by atoms with Gasteiger partial charge >= 0.3 is 5.97 Å². The van der Waals surface area contributed by atoms with Gasteiger partial charge in [-0.2, -0.15) is 0 Å². The number of hydrogen-bond acceptors (Lipinski definition) is 2. The van der Waals surface area contributed by atoms with Crippen LogP contribution in [0, 0.1) is 0 Å². The fraction of sp³-hybridized carbons (Fsp3) is 0.150. The molecule has 0 amide bonds. The number of carbonyl (C=O) groups excluding carboxylic acids is 1. The molecule has 0 fully saturated rings. The molecule has 22 heavy (non-hydrogen) atoms. The molecule has 2 nitrogen and oxygen atoms in total. The van der Waals surface area contributed by atoms with Crippen molar-refractivity contribution < 1.29 is 9.53 Å². The number of hydrogen-bond donors (Lipinski definition) is 0. The molecule has 0 heterocycles. The summed E-state index contributed by atoms with van der Waals surface area (Å²) in [6.07, 6.45) is 0. The number of benzene rings is 2. The molecule has 0 radical (unpaired) electrons. The Kier molecular flexibility index (Phi) is 5.57. The van der Waals surface area contributed by atoms with E-state index in [9.17, 15) is 4.79 Å². The zero-order chi connectivity index (χ0) is 15.8. The molecular weight excluding hydrogens is 272 g/mol. The lowest BCUT2D eigenvalue weighted by Crippen LogP contribution is -2.03. The Balaban J connectivity index is 2.57. The summed E-state index contributed by atoms with van der Waals surface area (Å²) in [5.41, 5.74) is 9.39. The van der Waals surface area contributed by atoms with Crippen LogP contribution in [0.1, 0.15) is 25.0 Å². The van der Waals surface area contributed by atoms with Crippen molar-refractivity contribution in [1.29, 1.82) is 0 Å². The Bertz CT molecular complexity index is 688. The lowest BCUT2D eigenvalue weighted by atomic mass is 9.99. The summed E-state index contributed by atoms with van der Waals surface area (Å²) >= 11 is 0. The van der Waals surface area contributed by atoms with Crippen molar-refractivity contribution in [2.45, 2.75) is 13.8 Å². The van der Waals surface area contributed by atoms with Gasteiger partial charge in [-0.15, -0.1) is 0 Å². The van der Waals surface area contributed by atoms with Gasteiger partial charge in [0.2, 0.25) is 0 Å². The molecule has 2 heteroatoms. The predicted molar refractivity (Wildman–Crippen MR) is 88.2 cm³/mol. The lowest BCUT2D eigenvalue weighted by Gasteiger charge is -2.04. The summed E-state index contributed by atoms with van der Waals surface area (Å²) in [5, 5.41) is 0. The Morgan fingerprint density at radius 2 is 1.41 bits per heavy atom. The standard InChI is InChI=1S/C20H18O2/c1-3-22-20(21)16(2)14-15-19(17-10-6-4-7-11-17)18-12-8-5-9-13-18/h4-13H,3H2,1-2H3. The fourth-order valence-electron chi connectivity index (χ4n) is 1.97. The highest BCUT2D eigenvalue weighted by Gasteiger charge is 2.04. The van der Waals surface area contributed by atoms with Crippen molar-refractivity contribution in [2.24, 2.45) is 0 Å². The van der Waals surface area contributed by atoms with Gasteiger partial charge in [0, 0.05) is 5.57 Å². The largest absolute Gasteiger partial charge is 0.462 e. The minimum atomic E-state index is -0.365. The van der Waals surface area contributed by atoms with E-state index in [1.54, 1.807) is 13.8 Å². The topological polar surface area (TPSA) is 26.3 Å². The van der Waals surface area contributed by atoms with E-state index in [0.29, 0.717) is 12.2 Å². The molecule has 0 bridgehead atoms. The second-order valence-electron chi connectivity index (χ2n) is 4.70. The Labute approximate surface area is 131 Å². The van der Waals surface area contributed by atoms with Crippen LogP contribution >= 0.6 is 0 Å². The quantitative estimate of drug-likeness (QED) is 0.474. The molecule has 0 aliphatic rings. The molecule has 2 aromatic rings. The minimum Gasteiger partial charge on any atom is -0.462 e. The van der Waals surface area contributed by atoms with Crippen molar-refractivity contribution in [3.05, 3.63) is 88.8 Å². The molecule has 0 saturated heterocycles. The molecule has 0 aliphatic heterocycles. The summed E-state index contributed by atoms with van der Waals surface area (Å²) < 4.78 is 4.96. The number of ether oxygens (including phenoxy) is 1. The highest BCUT2D eigenvalue weighted by molar-refractivity contribution is 5.88. The lowest BCUT2D eigenvalue weighted by molar-refractivity contribution is -0.138. The van der Waals surface area contributed by atoms with Crippen LogP contribution < -0.4 is 0 Å². The minimum absolute atomic E-state index is 0.353. The van der Waals surface area contributed by atoms with Crippen LogP contribution in [0.25, 0.3) is 5.57 Å². The van der Waals surface area contributed by atoms with Crippen molar-refractivity contribution in [3.8, 4) is 0 Å². The number of rotatable bonds is 4. The Morgan fingerprint density at radius 3 is 1.86 bits per heavy atom. The highest BCUT2D eigenvalue weighted by Crippen LogP contribution is 2.21. The first-order valence-corrected chi connectivity index (χ1v) is 7.23. The third-order valence-corrected chi connectivity index (χ3v) is 3.08. The van der Waals surface area contributed by atoms with Gasteiger partial charge in [0.25, 0.3) is 0 Å². The van der Waals surface area contributed by atoms with Crippen molar-refractivity contribution in [1.82, 2.24) is 0 Å². The van der Waals surface area contributed by atoms with Crippen molar-refractivity contribution >= 4 is 11.5 Å². The van der Waals surface area contributed by atoms with E-state index in [1.165, 1.54) is 0 Å². The molecule has 2 rings (SSSR count). The van der Waals surface area contributed by atoms with Gasteiger partial charge in [-0.25, -0.2) is 4.79 Å². The van der Waals surface area contributed by atoms with Crippen LogP contribution in [-0.2, 0) is 9.53 Å². The molecule has 0 aromatic heterocycles. The summed E-state index contributed by atoms with van der Waals surface area (Å²) in [7, 11) is 0. The summed E-state index contributed by atoms with van der Waals surface area (Å²) in [5.74, 6) is -0.365. The van der Waals surface area contributed by atoms with E-state index in [2.05, 4.69) is 11.5 Å². The molecule has 0 unspecified atom stereocenters. The molecule has 2 aromatic carbocycles. The van der Waals surface area contributed by atoms with Crippen LogP contribution in [0.4, 0.5) is 0 Å². The van der Waals surface area contributed by atoms with Gasteiger partial charge < -0.3 is 4.74 Å². The normalized spacial score (nSPS) is 9.36. The first kappa shape index (κ1) is 15.6. The van der Waals surface area contributed by atoms with Gasteiger partial charge in [-0.1, -0.05) is 72.1 Å². The smallest absolute Gasteiger partial charge is 0.342 e. The predicted octanol–water partition coefficient (Wildman–Crippen LogP) is 4.38. The summed E-state index contributed by atoms with van der Waals surface area (Å²) in [6, 6.07) is 19.9. The van der Waals surface area contributed by atoms with E-state index < -0.39 is 0 Å². The van der Waals surface area contributed by atoms with Gasteiger partial charge in [-0.3, -0.25) is 0 Å². The average Bonchev–Trinajstić information content (AvgIpc) is 2.57. The van der Waals surface area contributed by atoms with Gasteiger partial charge in [0.1, 0.15) is 0 Å². The van der Waals surface area contributed by atoms with Gasteiger partial charge in [0.05, 0.1) is 12.2 Å². The third-order valence-electron chi connectivity index (χ3n) is 3.08. The average molecular weight is 290 g/mol. The molecule has 0 saturated carbocycles. The molecular formula is C20H18O2. The highest BCUT2D eigenvalue weighted by atomic mass is 16.5. The van der Waals surface area contributed by atoms with E-state index in [4.69, 9.17) is 4.74 Å². The van der Waals surface area contributed by atoms with Crippen LogP contribution in [0.5, 0.6) is 0 Å².